The molecule has 1 aromatic carbocycles. The second-order valence-corrected chi connectivity index (χ2v) is 8.52. The molecule has 1 aliphatic carbocycles. The molecule has 1 spiro atoms. The van der Waals surface area contributed by atoms with E-state index in [1.54, 1.807) is 14.2 Å². The Balaban J connectivity index is 1.55. The molecule has 2 unspecified atom stereocenters. The number of fused-ring (bicyclic) bond motifs is 1. The number of ether oxygens (including phenoxy) is 3. The minimum Gasteiger partial charge on any atom is -0.493 e. The Kier molecular flexibility index (Phi) is 5.02. The zero-order chi connectivity index (χ0) is 19.9. The minimum absolute atomic E-state index is 0.173. The molecule has 7 heteroatoms. The standard InChI is InChI=1S/C21H30N2O5/c1-23-9-8-20(11-14-4-5-16(26-2)17(10-14)27-3)6-7-21(12-18(20)23)22-15(13-28-21)19(24)25/h4-5,10,15,18,22H,6-9,11-13H2,1-3H3,(H,24,25)/t15?,18-,20-,21?/m0/s1. The van der Waals surface area contributed by atoms with E-state index in [1.165, 1.54) is 5.56 Å². The number of carbonyl (C=O) groups is 1. The van der Waals surface area contributed by atoms with E-state index in [4.69, 9.17) is 14.2 Å². The van der Waals surface area contributed by atoms with E-state index >= 15 is 0 Å². The number of carboxylic acids is 1. The second kappa shape index (κ2) is 7.21. The molecular weight excluding hydrogens is 360 g/mol. The number of benzene rings is 1. The van der Waals surface area contributed by atoms with E-state index in [-0.39, 0.29) is 12.0 Å². The largest absolute Gasteiger partial charge is 0.493 e. The Hall–Kier alpha value is -1.83. The van der Waals surface area contributed by atoms with Crippen molar-refractivity contribution < 1.29 is 24.1 Å². The summed E-state index contributed by atoms with van der Waals surface area (Å²) in [5, 5.41) is 12.6. The summed E-state index contributed by atoms with van der Waals surface area (Å²) in [6.07, 6.45) is 4.78. The molecule has 1 aromatic rings. The van der Waals surface area contributed by atoms with Crippen molar-refractivity contribution in [3.05, 3.63) is 23.8 Å². The van der Waals surface area contributed by atoms with E-state index in [2.05, 4.69) is 29.4 Å². The van der Waals surface area contributed by atoms with Gasteiger partial charge in [0.05, 0.1) is 20.8 Å². The van der Waals surface area contributed by atoms with Crippen LogP contribution in [-0.4, -0.2) is 68.2 Å². The highest BCUT2D eigenvalue weighted by Gasteiger charge is 2.56. The average molecular weight is 390 g/mol. The molecule has 2 saturated heterocycles. The van der Waals surface area contributed by atoms with Crippen molar-refractivity contribution in [1.82, 2.24) is 10.2 Å². The summed E-state index contributed by atoms with van der Waals surface area (Å²) >= 11 is 0. The predicted molar refractivity (Wildman–Crippen MR) is 104 cm³/mol. The van der Waals surface area contributed by atoms with Gasteiger partial charge in [-0.15, -0.1) is 0 Å². The van der Waals surface area contributed by atoms with Gasteiger partial charge in [-0.3, -0.25) is 10.1 Å². The number of hydrogen-bond acceptors (Lipinski definition) is 6. The third-order valence-corrected chi connectivity index (χ3v) is 7.02. The molecule has 154 valence electrons. The van der Waals surface area contributed by atoms with Crippen LogP contribution in [0.1, 0.15) is 31.2 Å². The maximum absolute atomic E-state index is 11.4. The molecule has 7 nitrogen and oxygen atoms in total. The first kappa shape index (κ1) is 19.5. The predicted octanol–water partition coefficient (Wildman–Crippen LogP) is 1.89. The molecule has 2 N–H and O–H groups in total. The molecule has 0 radical (unpaired) electrons. The van der Waals surface area contributed by atoms with Crippen molar-refractivity contribution in [2.75, 3.05) is 34.4 Å². The van der Waals surface area contributed by atoms with Crippen molar-refractivity contribution in [2.24, 2.45) is 5.41 Å². The lowest BCUT2D eigenvalue weighted by molar-refractivity contribution is -0.139. The van der Waals surface area contributed by atoms with Crippen LogP contribution in [0.2, 0.25) is 0 Å². The Morgan fingerprint density at radius 2 is 2.07 bits per heavy atom. The van der Waals surface area contributed by atoms with Gasteiger partial charge in [-0.05, 0) is 62.4 Å². The quantitative estimate of drug-likeness (QED) is 0.795. The maximum atomic E-state index is 11.4. The van der Waals surface area contributed by atoms with Crippen molar-refractivity contribution in [1.29, 1.82) is 0 Å². The van der Waals surface area contributed by atoms with E-state index in [9.17, 15) is 9.90 Å². The average Bonchev–Trinajstić information content (AvgIpc) is 3.25. The summed E-state index contributed by atoms with van der Waals surface area (Å²) < 4.78 is 16.9. The first-order chi connectivity index (χ1) is 13.4. The molecule has 0 amide bonds. The number of hydrogen-bond donors (Lipinski definition) is 2. The summed E-state index contributed by atoms with van der Waals surface area (Å²) in [5.74, 6) is 0.671. The fraction of sp³-hybridized carbons (Fsp3) is 0.667. The highest BCUT2D eigenvalue weighted by Crippen LogP contribution is 2.52. The van der Waals surface area contributed by atoms with Crippen LogP contribution in [0.5, 0.6) is 11.5 Å². The van der Waals surface area contributed by atoms with Gasteiger partial charge >= 0.3 is 5.97 Å². The number of rotatable bonds is 5. The molecule has 3 aliphatic rings. The van der Waals surface area contributed by atoms with E-state index in [1.807, 2.05) is 6.07 Å². The van der Waals surface area contributed by atoms with Gasteiger partial charge in [0.15, 0.2) is 11.5 Å². The van der Waals surface area contributed by atoms with Crippen LogP contribution in [0, 0.1) is 5.41 Å². The van der Waals surface area contributed by atoms with Crippen molar-refractivity contribution >= 4 is 5.97 Å². The van der Waals surface area contributed by atoms with Crippen molar-refractivity contribution in [2.45, 2.75) is 49.9 Å². The molecule has 2 heterocycles. The second-order valence-electron chi connectivity index (χ2n) is 8.52. The topological polar surface area (TPSA) is 80.3 Å². The molecule has 3 fully saturated rings. The van der Waals surface area contributed by atoms with Gasteiger partial charge < -0.3 is 24.2 Å². The lowest BCUT2D eigenvalue weighted by Crippen LogP contribution is -2.57. The Morgan fingerprint density at radius 1 is 1.29 bits per heavy atom. The fourth-order valence-electron chi connectivity index (χ4n) is 5.45. The van der Waals surface area contributed by atoms with Gasteiger partial charge in [-0.25, -0.2) is 0 Å². The summed E-state index contributed by atoms with van der Waals surface area (Å²) in [6, 6.07) is 5.93. The molecule has 1 saturated carbocycles. The number of nitrogens with zero attached hydrogens (tertiary/aromatic N) is 1. The third kappa shape index (κ3) is 3.25. The summed E-state index contributed by atoms with van der Waals surface area (Å²) in [5.41, 5.74) is 0.914. The molecule has 2 aliphatic heterocycles. The summed E-state index contributed by atoms with van der Waals surface area (Å²) in [7, 11) is 5.49. The molecule has 28 heavy (non-hydrogen) atoms. The molecule has 0 bridgehead atoms. The molecule has 4 atom stereocenters. The lowest BCUT2D eigenvalue weighted by Gasteiger charge is -2.48. The van der Waals surface area contributed by atoms with E-state index in [0.717, 1.165) is 50.1 Å². The first-order valence-electron chi connectivity index (χ1n) is 9.96. The summed E-state index contributed by atoms with van der Waals surface area (Å²) in [6.45, 7) is 1.30. The highest BCUT2D eigenvalue weighted by molar-refractivity contribution is 5.74. The van der Waals surface area contributed by atoms with Crippen LogP contribution in [0.4, 0.5) is 0 Å². The van der Waals surface area contributed by atoms with Gasteiger partial charge in [0.2, 0.25) is 0 Å². The number of likely N-dealkylation sites (tertiary alicyclic amines) is 1. The summed E-state index contributed by atoms with van der Waals surface area (Å²) in [4.78, 5) is 13.8. The number of carboxylic acid groups (broad SMARTS) is 1. The van der Waals surface area contributed by atoms with Gasteiger partial charge in [0.1, 0.15) is 11.8 Å². The van der Waals surface area contributed by atoms with Crippen LogP contribution < -0.4 is 14.8 Å². The van der Waals surface area contributed by atoms with Crippen LogP contribution >= 0.6 is 0 Å². The van der Waals surface area contributed by atoms with Crippen LogP contribution in [-0.2, 0) is 16.0 Å². The number of methoxy groups -OCH3 is 2. The van der Waals surface area contributed by atoms with Gasteiger partial charge in [0, 0.05) is 12.5 Å². The monoisotopic (exact) mass is 390 g/mol. The van der Waals surface area contributed by atoms with Gasteiger partial charge in [-0.2, -0.15) is 0 Å². The number of nitrogens with one attached hydrogen (secondary N) is 1. The van der Waals surface area contributed by atoms with E-state index < -0.39 is 17.7 Å². The Morgan fingerprint density at radius 3 is 2.75 bits per heavy atom. The maximum Gasteiger partial charge on any atom is 0.323 e. The smallest absolute Gasteiger partial charge is 0.323 e. The first-order valence-corrected chi connectivity index (χ1v) is 9.96. The third-order valence-electron chi connectivity index (χ3n) is 7.02. The van der Waals surface area contributed by atoms with Crippen LogP contribution in [0.3, 0.4) is 0 Å². The van der Waals surface area contributed by atoms with E-state index in [0.29, 0.717) is 6.04 Å². The highest BCUT2D eigenvalue weighted by atomic mass is 16.5. The normalized spacial score (nSPS) is 35.1. The Labute approximate surface area is 165 Å². The van der Waals surface area contributed by atoms with Gasteiger partial charge in [0.25, 0.3) is 0 Å². The van der Waals surface area contributed by atoms with Crippen LogP contribution in [0.25, 0.3) is 0 Å². The number of aliphatic carboxylic acids is 1. The van der Waals surface area contributed by atoms with Crippen molar-refractivity contribution in [3.63, 3.8) is 0 Å². The minimum atomic E-state index is -0.834. The zero-order valence-corrected chi connectivity index (χ0v) is 16.9. The molecule has 4 rings (SSSR count). The molecule has 0 aromatic heterocycles. The molecular formula is C21H30N2O5. The van der Waals surface area contributed by atoms with Gasteiger partial charge in [-0.1, -0.05) is 6.07 Å². The lowest BCUT2D eigenvalue weighted by atomic mass is 9.65. The van der Waals surface area contributed by atoms with Crippen molar-refractivity contribution in [3.8, 4) is 11.5 Å². The van der Waals surface area contributed by atoms with Crippen LogP contribution in [0.15, 0.2) is 18.2 Å². The zero-order valence-electron chi connectivity index (χ0n) is 16.9. The Bertz CT molecular complexity index is 756. The fourth-order valence-corrected chi connectivity index (χ4v) is 5.45. The SMILES string of the molecule is COc1ccc(C[C@]23CCN(C)[C@H]2CC2(CC3)NC(C(=O)O)CO2)cc1OC.